The van der Waals surface area contributed by atoms with Crippen molar-refractivity contribution in [2.75, 3.05) is 13.6 Å². The number of rotatable bonds is 7. The summed E-state index contributed by atoms with van der Waals surface area (Å²) in [6.45, 7) is 10.2. The molecule has 0 saturated carbocycles. The number of ether oxygens (including phenoxy) is 2. The molecule has 0 saturated heterocycles. The van der Waals surface area contributed by atoms with Crippen LogP contribution in [0.2, 0.25) is 0 Å². The van der Waals surface area contributed by atoms with Gasteiger partial charge < -0.3 is 14.8 Å². The van der Waals surface area contributed by atoms with Crippen molar-refractivity contribution in [3.05, 3.63) is 35.9 Å². The van der Waals surface area contributed by atoms with E-state index in [1.165, 1.54) is 11.8 Å². The van der Waals surface area contributed by atoms with Crippen LogP contribution in [-0.2, 0) is 25.5 Å². The molecule has 0 fully saturated rings. The average Bonchev–Trinajstić information content (AvgIpc) is 2.55. The fourth-order valence-electron chi connectivity index (χ4n) is 2.55. The second kappa shape index (κ2) is 9.57. The Balaban J connectivity index is 2.94. The highest BCUT2D eigenvalue weighted by Crippen LogP contribution is 2.15. The topological polar surface area (TPSA) is 84.9 Å². The second-order valence-corrected chi connectivity index (χ2v) is 8.37. The largest absolute Gasteiger partial charge is 0.458 e. The lowest BCUT2D eigenvalue weighted by Gasteiger charge is -2.31. The molecule has 0 spiro atoms. The van der Waals surface area contributed by atoms with E-state index in [4.69, 9.17) is 9.47 Å². The lowest BCUT2D eigenvalue weighted by atomic mass is 10.0. The Labute approximate surface area is 167 Å². The predicted molar refractivity (Wildman–Crippen MR) is 107 cm³/mol. The first-order valence-electron chi connectivity index (χ1n) is 9.28. The summed E-state index contributed by atoms with van der Waals surface area (Å²) in [7, 11) is 1.54. The smallest absolute Gasteiger partial charge is 0.410 e. The highest BCUT2D eigenvalue weighted by Gasteiger charge is 2.32. The third kappa shape index (κ3) is 8.41. The number of hydrogen-bond donors (Lipinski definition) is 1. The van der Waals surface area contributed by atoms with Crippen LogP contribution in [0.5, 0.6) is 0 Å². The molecule has 0 bridgehead atoms. The molecule has 0 radical (unpaired) electrons. The number of esters is 1. The molecule has 2 amide bonds. The SMILES string of the molecule is CC(=O)OC(C)(C)CNC(=O)[C@@H](Cc1ccccc1)N(C)C(=O)OC(C)(C)C. The van der Waals surface area contributed by atoms with Crippen LogP contribution < -0.4 is 5.32 Å². The number of hydrogen-bond acceptors (Lipinski definition) is 5. The molecule has 1 N–H and O–H groups in total. The molecule has 0 aromatic heterocycles. The van der Waals surface area contributed by atoms with E-state index in [-0.39, 0.29) is 12.5 Å². The van der Waals surface area contributed by atoms with Crippen LogP contribution in [0.25, 0.3) is 0 Å². The quantitative estimate of drug-likeness (QED) is 0.721. The molecule has 1 aromatic carbocycles. The van der Waals surface area contributed by atoms with Gasteiger partial charge in [0.1, 0.15) is 17.2 Å². The zero-order valence-electron chi connectivity index (χ0n) is 17.9. The maximum atomic E-state index is 12.9. The van der Waals surface area contributed by atoms with Crippen molar-refractivity contribution >= 4 is 18.0 Å². The molecule has 0 aliphatic rings. The summed E-state index contributed by atoms with van der Waals surface area (Å²) in [4.78, 5) is 37.9. The van der Waals surface area contributed by atoms with Crippen molar-refractivity contribution in [2.45, 2.75) is 65.2 Å². The predicted octanol–water partition coefficient (Wildman–Crippen LogP) is 2.92. The van der Waals surface area contributed by atoms with Gasteiger partial charge >= 0.3 is 12.1 Å². The Morgan fingerprint density at radius 2 is 1.61 bits per heavy atom. The van der Waals surface area contributed by atoms with Crippen molar-refractivity contribution < 1.29 is 23.9 Å². The van der Waals surface area contributed by atoms with E-state index in [9.17, 15) is 14.4 Å². The molecule has 0 aliphatic heterocycles. The normalized spacial score (nSPS) is 12.7. The fraction of sp³-hybridized carbons (Fsp3) is 0.571. The Bertz CT molecular complexity index is 680. The molecular weight excluding hydrogens is 360 g/mol. The Kier molecular flexibility index (Phi) is 8.02. The van der Waals surface area contributed by atoms with Crippen molar-refractivity contribution in [2.24, 2.45) is 0 Å². The monoisotopic (exact) mass is 392 g/mol. The summed E-state index contributed by atoms with van der Waals surface area (Å²) >= 11 is 0. The van der Waals surface area contributed by atoms with Gasteiger partial charge in [0, 0.05) is 20.4 Å². The molecule has 0 aliphatic carbocycles. The van der Waals surface area contributed by atoms with Gasteiger partial charge in [-0.05, 0) is 40.2 Å². The molecule has 7 nitrogen and oxygen atoms in total. The van der Waals surface area contributed by atoms with Crippen LogP contribution in [0.4, 0.5) is 4.79 Å². The molecule has 28 heavy (non-hydrogen) atoms. The minimum absolute atomic E-state index is 0.124. The maximum absolute atomic E-state index is 12.9. The summed E-state index contributed by atoms with van der Waals surface area (Å²) in [6, 6.07) is 8.66. The molecule has 0 heterocycles. The highest BCUT2D eigenvalue weighted by molar-refractivity contribution is 5.86. The standard InChI is InChI=1S/C21H32N2O5/c1-15(24)27-21(5,6)14-22-18(25)17(13-16-11-9-8-10-12-16)23(7)19(26)28-20(2,3)4/h8-12,17H,13-14H2,1-7H3,(H,22,25)/t17-/m1/s1. The van der Waals surface area contributed by atoms with Crippen LogP contribution in [0.15, 0.2) is 30.3 Å². The first kappa shape index (κ1) is 23.5. The van der Waals surface area contributed by atoms with E-state index in [0.717, 1.165) is 5.56 Å². The van der Waals surface area contributed by atoms with Gasteiger partial charge in [-0.2, -0.15) is 0 Å². The van der Waals surface area contributed by atoms with E-state index >= 15 is 0 Å². The second-order valence-electron chi connectivity index (χ2n) is 8.37. The van der Waals surface area contributed by atoms with Gasteiger partial charge in [0.2, 0.25) is 5.91 Å². The first-order valence-corrected chi connectivity index (χ1v) is 9.28. The lowest BCUT2D eigenvalue weighted by molar-refractivity contribution is -0.154. The van der Waals surface area contributed by atoms with Gasteiger partial charge in [-0.1, -0.05) is 30.3 Å². The van der Waals surface area contributed by atoms with E-state index in [2.05, 4.69) is 5.32 Å². The summed E-state index contributed by atoms with van der Waals surface area (Å²) in [6.07, 6.45) is -0.251. The van der Waals surface area contributed by atoms with Crippen LogP contribution in [-0.4, -0.2) is 53.7 Å². The fourth-order valence-corrected chi connectivity index (χ4v) is 2.55. The number of amides is 2. The van der Waals surface area contributed by atoms with Crippen molar-refractivity contribution in [3.8, 4) is 0 Å². The minimum Gasteiger partial charge on any atom is -0.458 e. The minimum atomic E-state index is -0.858. The number of nitrogens with zero attached hydrogens (tertiary/aromatic N) is 1. The van der Waals surface area contributed by atoms with Crippen LogP contribution in [0.1, 0.15) is 47.1 Å². The molecule has 1 atom stereocenters. The number of nitrogens with one attached hydrogen (secondary N) is 1. The Morgan fingerprint density at radius 1 is 1.04 bits per heavy atom. The number of likely N-dealkylation sites (N-methyl/N-ethyl adjacent to an activating group) is 1. The maximum Gasteiger partial charge on any atom is 0.410 e. The van der Waals surface area contributed by atoms with E-state index in [1.807, 2.05) is 30.3 Å². The van der Waals surface area contributed by atoms with Crippen molar-refractivity contribution in [1.82, 2.24) is 10.2 Å². The van der Waals surface area contributed by atoms with E-state index in [1.54, 1.807) is 41.7 Å². The van der Waals surface area contributed by atoms with Crippen molar-refractivity contribution in [3.63, 3.8) is 0 Å². The summed E-state index contributed by atoms with van der Waals surface area (Å²) < 4.78 is 10.6. The molecule has 1 rings (SSSR count). The number of benzene rings is 1. The Morgan fingerprint density at radius 3 is 2.11 bits per heavy atom. The van der Waals surface area contributed by atoms with Gasteiger partial charge in [0.05, 0.1) is 6.54 Å². The van der Waals surface area contributed by atoms with Gasteiger partial charge in [0.15, 0.2) is 0 Å². The van der Waals surface area contributed by atoms with Gasteiger partial charge in [0.25, 0.3) is 0 Å². The third-order valence-electron chi connectivity index (χ3n) is 3.83. The number of carbonyl (C=O) groups excluding carboxylic acids is 3. The summed E-state index contributed by atoms with van der Waals surface area (Å²) in [5.74, 6) is -0.775. The molecule has 7 heteroatoms. The molecule has 1 aromatic rings. The average molecular weight is 392 g/mol. The Hall–Kier alpha value is -2.57. The van der Waals surface area contributed by atoms with Crippen LogP contribution >= 0.6 is 0 Å². The zero-order chi connectivity index (χ0) is 21.5. The first-order chi connectivity index (χ1) is 12.8. The van der Waals surface area contributed by atoms with E-state index in [0.29, 0.717) is 6.42 Å². The molecular formula is C21H32N2O5. The van der Waals surface area contributed by atoms with Gasteiger partial charge in [-0.3, -0.25) is 14.5 Å². The number of carbonyl (C=O) groups is 3. The van der Waals surface area contributed by atoms with Gasteiger partial charge in [-0.15, -0.1) is 0 Å². The third-order valence-corrected chi connectivity index (χ3v) is 3.83. The summed E-state index contributed by atoms with van der Waals surface area (Å²) in [5.41, 5.74) is -0.614. The summed E-state index contributed by atoms with van der Waals surface area (Å²) in [5, 5.41) is 2.78. The van der Waals surface area contributed by atoms with Crippen molar-refractivity contribution in [1.29, 1.82) is 0 Å². The van der Waals surface area contributed by atoms with Crippen LogP contribution in [0.3, 0.4) is 0 Å². The molecule has 0 unspecified atom stereocenters. The van der Waals surface area contributed by atoms with Crippen LogP contribution in [0, 0.1) is 0 Å². The van der Waals surface area contributed by atoms with E-state index < -0.39 is 29.3 Å². The lowest BCUT2D eigenvalue weighted by Crippen LogP contribution is -2.52. The highest BCUT2D eigenvalue weighted by atomic mass is 16.6. The molecule has 156 valence electrons. The zero-order valence-corrected chi connectivity index (χ0v) is 17.9. The van der Waals surface area contributed by atoms with Gasteiger partial charge in [-0.25, -0.2) is 4.79 Å².